The lowest BCUT2D eigenvalue weighted by Gasteiger charge is -2.09. The minimum absolute atomic E-state index is 0.253. The number of nitrogens with one attached hydrogen (secondary N) is 1. The molecule has 0 saturated heterocycles. The lowest BCUT2D eigenvalue weighted by molar-refractivity contribution is -0.117. The van der Waals surface area contributed by atoms with Crippen molar-refractivity contribution in [2.45, 2.75) is 13.0 Å². The van der Waals surface area contributed by atoms with E-state index >= 15 is 0 Å². The average molecular weight is 229 g/mol. The van der Waals surface area contributed by atoms with E-state index in [0.717, 1.165) is 0 Å². The van der Waals surface area contributed by atoms with Gasteiger partial charge < -0.3 is 15.8 Å². The number of hydrogen-bond donors (Lipinski definition) is 2. The molecule has 1 unspecified atom stereocenters. The Balaban J connectivity index is 2.80. The summed E-state index contributed by atoms with van der Waals surface area (Å²) < 4.78 is 4.98. The van der Waals surface area contributed by atoms with Crippen molar-refractivity contribution in [1.82, 2.24) is 0 Å². The van der Waals surface area contributed by atoms with Crippen LogP contribution in [0.5, 0.6) is 5.75 Å². The van der Waals surface area contributed by atoms with Gasteiger partial charge in [-0.3, -0.25) is 4.79 Å². The third kappa shape index (κ3) is 3.11. The van der Waals surface area contributed by atoms with E-state index in [0.29, 0.717) is 16.5 Å². The summed E-state index contributed by atoms with van der Waals surface area (Å²) in [7, 11) is 1.53. The maximum atomic E-state index is 11.3. The van der Waals surface area contributed by atoms with Crippen LogP contribution >= 0.6 is 11.6 Å². The zero-order chi connectivity index (χ0) is 11.4. The topological polar surface area (TPSA) is 64.3 Å². The Morgan fingerprint density at radius 2 is 2.27 bits per heavy atom. The van der Waals surface area contributed by atoms with Gasteiger partial charge in [0.25, 0.3) is 0 Å². The fourth-order valence-corrected chi connectivity index (χ4v) is 1.26. The Morgan fingerprint density at radius 1 is 1.60 bits per heavy atom. The van der Waals surface area contributed by atoms with Gasteiger partial charge in [0.15, 0.2) is 0 Å². The summed E-state index contributed by atoms with van der Waals surface area (Å²) >= 11 is 5.89. The summed E-state index contributed by atoms with van der Waals surface area (Å²) in [6, 6.07) is 4.44. The molecule has 5 heteroatoms. The number of rotatable bonds is 3. The van der Waals surface area contributed by atoms with Crippen LogP contribution in [0.15, 0.2) is 18.2 Å². The number of nitrogens with two attached hydrogens (primary N) is 1. The molecular weight excluding hydrogens is 216 g/mol. The first-order valence-corrected chi connectivity index (χ1v) is 4.82. The minimum atomic E-state index is -0.550. The zero-order valence-corrected chi connectivity index (χ0v) is 9.34. The van der Waals surface area contributed by atoms with Crippen LogP contribution in [0.3, 0.4) is 0 Å². The maximum Gasteiger partial charge on any atom is 0.240 e. The first-order chi connectivity index (χ1) is 7.04. The molecule has 0 aromatic heterocycles. The number of hydrogen-bond acceptors (Lipinski definition) is 3. The molecule has 0 aliphatic heterocycles. The van der Waals surface area contributed by atoms with Gasteiger partial charge in [-0.15, -0.1) is 0 Å². The summed E-state index contributed by atoms with van der Waals surface area (Å²) in [6.07, 6.45) is 0. The van der Waals surface area contributed by atoms with E-state index in [1.165, 1.54) is 7.11 Å². The molecule has 0 aliphatic rings. The van der Waals surface area contributed by atoms with Crippen LogP contribution in [0.4, 0.5) is 5.69 Å². The quantitative estimate of drug-likeness (QED) is 0.827. The molecular formula is C10H13ClN2O2. The molecule has 1 atom stereocenters. The highest BCUT2D eigenvalue weighted by Crippen LogP contribution is 2.27. The monoisotopic (exact) mass is 228 g/mol. The van der Waals surface area contributed by atoms with Gasteiger partial charge in [0.2, 0.25) is 5.91 Å². The fourth-order valence-electron chi connectivity index (χ4n) is 1.00. The average Bonchev–Trinajstić information content (AvgIpc) is 2.18. The molecule has 15 heavy (non-hydrogen) atoms. The van der Waals surface area contributed by atoms with Crippen molar-refractivity contribution in [2.24, 2.45) is 5.73 Å². The second kappa shape index (κ2) is 5.00. The van der Waals surface area contributed by atoms with Crippen LogP contribution in [-0.4, -0.2) is 19.1 Å². The van der Waals surface area contributed by atoms with Crippen LogP contribution in [0.2, 0.25) is 5.02 Å². The van der Waals surface area contributed by atoms with Gasteiger partial charge in [-0.05, 0) is 25.1 Å². The summed E-state index contributed by atoms with van der Waals surface area (Å²) in [5.41, 5.74) is 6.01. The summed E-state index contributed by atoms with van der Waals surface area (Å²) in [5, 5.41) is 3.07. The Labute approximate surface area is 93.4 Å². The van der Waals surface area contributed by atoms with Crippen molar-refractivity contribution in [3.05, 3.63) is 23.2 Å². The van der Waals surface area contributed by atoms with E-state index in [4.69, 9.17) is 22.1 Å². The number of anilines is 1. The minimum Gasteiger partial charge on any atom is -0.495 e. The van der Waals surface area contributed by atoms with E-state index < -0.39 is 6.04 Å². The normalized spacial score (nSPS) is 12.0. The van der Waals surface area contributed by atoms with Gasteiger partial charge in [-0.2, -0.15) is 0 Å². The Morgan fingerprint density at radius 3 is 2.73 bits per heavy atom. The Hall–Kier alpha value is -1.26. The second-order valence-electron chi connectivity index (χ2n) is 3.13. The third-order valence-electron chi connectivity index (χ3n) is 1.83. The smallest absolute Gasteiger partial charge is 0.240 e. The van der Waals surface area contributed by atoms with Crippen molar-refractivity contribution in [3.63, 3.8) is 0 Å². The number of halogens is 1. The predicted molar refractivity (Wildman–Crippen MR) is 60.3 cm³/mol. The number of ether oxygens (including phenoxy) is 1. The molecule has 0 heterocycles. The second-order valence-corrected chi connectivity index (χ2v) is 3.53. The van der Waals surface area contributed by atoms with Gasteiger partial charge in [0, 0.05) is 5.69 Å². The van der Waals surface area contributed by atoms with Crippen molar-refractivity contribution < 1.29 is 9.53 Å². The molecule has 1 amide bonds. The van der Waals surface area contributed by atoms with Crippen molar-refractivity contribution in [2.75, 3.05) is 12.4 Å². The zero-order valence-electron chi connectivity index (χ0n) is 8.58. The SMILES string of the molecule is COc1ccc(NC(=O)C(C)N)cc1Cl. The van der Waals surface area contributed by atoms with Crippen LogP contribution in [0.1, 0.15) is 6.92 Å². The summed E-state index contributed by atoms with van der Waals surface area (Å²) in [6.45, 7) is 1.61. The van der Waals surface area contributed by atoms with Crippen molar-refractivity contribution in [3.8, 4) is 5.75 Å². The van der Waals surface area contributed by atoms with E-state index in [1.807, 2.05) is 0 Å². The standard InChI is InChI=1S/C10H13ClN2O2/c1-6(12)10(14)13-7-3-4-9(15-2)8(11)5-7/h3-6H,12H2,1-2H3,(H,13,14). The van der Waals surface area contributed by atoms with Gasteiger partial charge >= 0.3 is 0 Å². The first-order valence-electron chi connectivity index (χ1n) is 4.44. The number of carbonyl (C=O) groups excluding carboxylic acids is 1. The molecule has 4 nitrogen and oxygen atoms in total. The predicted octanol–water partition coefficient (Wildman–Crippen LogP) is 1.63. The first kappa shape index (κ1) is 11.8. The molecule has 3 N–H and O–H groups in total. The Bertz CT molecular complexity index is 366. The molecule has 0 radical (unpaired) electrons. The molecule has 0 aliphatic carbocycles. The van der Waals surface area contributed by atoms with E-state index in [1.54, 1.807) is 25.1 Å². The molecule has 1 rings (SSSR count). The largest absolute Gasteiger partial charge is 0.495 e. The van der Waals surface area contributed by atoms with Crippen LogP contribution < -0.4 is 15.8 Å². The molecule has 0 bridgehead atoms. The van der Waals surface area contributed by atoms with Gasteiger partial charge in [0.1, 0.15) is 5.75 Å². The number of amides is 1. The fraction of sp³-hybridized carbons (Fsp3) is 0.300. The molecule has 82 valence electrons. The molecule has 0 saturated carbocycles. The summed E-state index contributed by atoms with van der Waals surface area (Å²) in [4.78, 5) is 11.3. The third-order valence-corrected chi connectivity index (χ3v) is 2.13. The number of methoxy groups -OCH3 is 1. The van der Waals surface area contributed by atoms with Crippen LogP contribution in [-0.2, 0) is 4.79 Å². The highest BCUT2D eigenvalue weighted by molar-refractivity contribution is 6.32. The lowest BCUT2D eigenvalue weighted by atomic mass is 10.2. The molecule has 1 aromatic rings. The molecule has 1 aromatic carbocycles. The van der Waals surface area contributed by atoms with Crippen molar-refractivity contribution >= 4 is 23.2 Å². The molecule has 0 fully saturated rings. The van der Waals surface area contributed by atoms with E-state index in [-0.39, 0.29) is 5.91 Å². The highest BCUT2D eigenvalue weighted by atomic mass is 35.5. The maximum absolute atomic E-state index is 11.3. The van der Waals surface area contributed by atoms with E-state index in [2.05, 4.69) is 5.32 Å². The van der Waals surface area contributed by atoms with Gasteiger partial charge in [0.05, 0.1) is 18.2 Å². The van der Waals surface area contributed by atoms with Crippen LogP contribution in [0.25, 0.3) is 0 Å². The lowest BCUT2D eigenvalue weighted by Crippen LogP contribution is -2.32. The molecule has 0 spiro atoms. The number of carbonyl (C=O) groups is 1. The van der Waals surface area contributed by atoms with Crippen molar-refractivity contribution in [1.29, 1.82) is 0 Å². The number of benzene rings is 1. The van der Waals surface area contributed by atoms with Gasteiger partial charge in [-0.25, -0.2) is 0 Å². The summed E-state index contributed by atoms with van der Waals surface area (Å²) in [5.74, 6) is 0.312. The Kier molecular flexibility index (Phi) is 3.94. The van der Waals surface area contributed by atoms with Crippen LogP contribution in [0, 0.1) is 0 Å². The highest BCUT2D eigenvalue weighted by Gasteiger charge is 2.08. The van der Waals surface area contributed by atoms with Gasteiger partial charge in [-0.1, -0.05) is 11.6 Å². The van der Waals surface area contributed by atoms with E-state index in [9.17, 15) is 4.79 Å².